The summed E-state index contributed by atoms with van der Waals surface area (Å²) in [5.41, 5.74) is 3.52. The van der Waals surface area contributed by atoms with Crippen molar-refractivity contribution in [3.8, 4) is 11.5 Å². The maximum Gasteiger partial charge on any atom is 0.323 e. The van der Waals surface area contributed by atoms with Crippen LogP contribution >= 0.6 is 0 Å². The van der Waals surface area contributed by atoms with Crippen molar-refractivity contribution in [2.45, 2.75) is 4.90 Å². The molecular formula is C35H28N6O14S3. The number of ketones is 2. The molecule has 2 aliphatic rings. The summed E-state index contributed by atoms with van der Waals surface area (Å²) in [5.74, 6) is -1.53. The van der Waals surface area contributed by atoms with Crippen molar-refractivity contribution in [3.05, 3.63) is 111 Å². The highest BCUT2D eigenvalue weighted by Crippen LogP contribution is 2.32. The number of nitrogens with zero attached hydrogens (tertiary/aromatic N) is 2. The Hall–Kier alpha value is -6.76. The van der Waals surface area contributed by atoms with Gasteiger partial charge in [-0.3, -0.25) is 34.1 Å². The van der Waals surface area contributed by atoms with Crippen LogP contribution in [-0.2, 0) is 30.4 Å². The Morgan fingerprint density at radius 3 is 1.52 bits per heavy atom. The number of allylic oxidation sites excluding steroid dienone is 2. The predicted molar refractivity (Wildman–Crippen MR) is 211 cm³/mol. The number of urea groups is 1. The van der Waals surface area contributed by atoms with Crippen LogP contribution < -0.4 is 31.0 Å². The van der Waals surface area contributed by atoms with Gasteiger partial charge in [-0.1, -0.05) is 12.1 Å². The molecule has 4 aromatic carbocycles. The van der Waals surface area contributed by atoms with Crippen LogP contribution in [0.4, 0.5) is 27.5 Å². The molecule has 300 valence electrons. The molecule has 0 unspecified atom stereocenters. The van der Waals surface area contributed by atoms with Crippen LogP contribution in [0.2, 0.25) is 0 Å². The average molecular weight is 853 g/mol. The molecule has 0 bridgehead atoms. The zero-order valence-corrected chi connectivity index (χ0v) is 32.1. The molecule has 58 heavy (non-hydrogen) atoms. The molecule has 23 heteroatoms. The van der Waals surface area contributed by atoms with E-state index in [1.165, 1.54) is 50.6 Å². The van der Waals surface area contributed by atoms with Crippen LogP contribution in [0, 0.1) is 0 Å². The number of carbonyl (C=O) groups is 3. The first-order valence-electron chi connectivity index (χ1n) is 16.1. The SMILES string of the molecule is COc1ccccc1NN=C1C(=O)c2ccc(NC(=O)Nc3ccc4c(c3)C=C(S(=O)(=O)O)/C(=N/Nc3cc(S(=O)(=O)O)ccc3OC)C4=O)cc2C=C1S(=O)(=O)O. The Morgan fingerprint density at radius 1 is 0.586 bits per heavy atom. The summed E-state index contributed by atoms with van der Waals surface area (Å²) in [6.07, 6.45) is 1.91. The van der Waals surface area contributed by atoms with Gasteiger partial charge in [0.1, 0.15) is 21.3 Å². The smallest absolute Gasteiger partial charge is 0.323 e. The second-order valence-electron chi connectivity index (χ2n) is 12.0. The molecule has 4 aromatic rings. The first kappa shape index (κ1) is 40.9. The normalized spacial score (nSPS) is 15.5. The van der Waals surface area contributed by atoms with Crippen LogP contribution in [0.1, 0.15) is 31.8 Å². The van der Waals surface area contributed by atoms with Gasteiger partial charge in [-0.25, -0.2) is 4.79 Å². The molecule has 2 amide bonds. The van der Waals surface area contributed by atoms with E-state index in [1.807, 2.05) is 0 Å². The maximum absolute atomic E-state index is 13.5. The summed E-state index contributed by atoms with van der Waals surface area (Å²) >= 11 is 0. The van der Waals surface area contributed by atoms with Gasteiger partial charge in [0.15, 0.2) is 11.4 Å². The van der Waals surface area contributed by atoms with Crippen molar-refractivity contribution < 1.29 is 62.8 Å². The van der Waals surface area contributed by atoms with Gasteiger partial charge < -0.3 is 20.1 Å². The summed E-state index contributed by atoms with van der Waals surface area (Å²) in [5, 5.41) is 12.7. The van der Waals surface area contributed by atoms with Crippen molar-refractivity contribution in [3.63, 3.8) is 0 Å². The predicted octanol–water partition coefficient (Wildman–Crippen LogP) is 4.38. The number of anilines is 4. The molecule has 0 saturated carbocycles. The molecule has 6 rings (SSSR count). The number of benzene rings is 4. The van der Waals surface area contributed by atoms with E-state index < -0.39 is 74.1 Å². The zero-order valence-electron chi connectivity index (χ0n) is 29.6. The summed E-state index contributed by atoms with van der Waals surface area (Å²) in [6, 6.07) is 16.3. The Labute approximate surface area is 329 Å². The molecule has 0 fully saturated rings. The number of amides is 2. The van der Waals surface area contributed by atoms with Crippen LogP contribution in [0.25, 0.3) is 12.2 Å². The Balaban J connectivity index is 1.23. The fourth-order valence-electron chi connectivity index (χ4n) is 5.63. The van der Waals surface area contributed by atoms with Crippen molar-refractivity contribution in [1.29, 1.82) is 0 Å². The number of methoxy groups -OCH3 is 2. The molecule has 0 spiro atoms. The van der Waals surface area contributed by atoms with Gasteiger partial charge in [0.05, 0.1) is 30.5 Å². The van der Waals surface area contributed by atoms with Crippen molar-refractivity contribution in [1.82, 2.24) is 0 Å². The molecule has 2 aliphatic carbocycles. The molecule has 7 N–H and O–H groups in total. The quantitative estimate of drug-likeness (QED) is 0.0813. The molecule has 0 atom stereocenters. The van der Waals surface area contributed by atoms with E-state index in [1.54, 1.807) is 24.3 Å². The van der Waals surface area contributed by atoms with E-state index in [0.29, 0.717) is 11.4 Å². The van der Waals surface area contributed by atoms with Crippen molar-refractivity contribution in [2.24, 2.45) is 10.2 Å². The Bertz CT molecular complexity index is 2910. The molecule has 0 radical (unpaired) electrons. The van der Waals surface area contributed by atoms with Crippen molar-refractivity contribution in [2.75, 3.05) is 35.7 Å². The minimum Gasteiger partial charge on any atom is -0.495 e. The number of carbonyl (C=O) groups excluding carboxylic acids is 3. The van der Waals surface area contributed by atoms with Gasteiger partial charge in [-0.05, 0) is 90.0 Å². The van der Waals surface area contributed by atoms with E-state index in [0.717, 1.165) is 30.4 Å². The molecule has 0 aliphatic heterocycles. The summed E-state index contributed by atoms with van der Waals surface area (Å²) in [7, 11) is -12.2. The third kappa shape index (κ3) is 8.63. The fraction of sp³-hybridized carbons (Fsp3) is 0.0571. The van der Waals surface area contributed by atoms with Gasteiger partial charge in [-0.15, -0.1) is 0 Å². The highest BCUT2D eigenvalue weighted by atomic mass is 32.2. The average Bonchev–Trinajstić information content (AvgIpc) is 3.15. The number of ether oxygens (including phenoxy) is 2. The number of hydrazone groups is 2. The van der Waals surface area contributed by atoms with Gasteiger partial charge >= 0.3 is 6.03 Å². The van der Waals surface area contributed by atoms with E-state index in [-0.39, 0.29) is 45.1 Å². The Kier molecular flexibility index (Phi) is 11.0. The number of hydrogen-bond acceptors (Lipinski definition) is 15. The molecular weight excluding hydrogens is 825 g/mol. The second kappa shape index (κ2) is 15.6. The van der Waals surface area contributed by atoms with Crippen molar-refractivity contribution >= 4 is 94.3 Å². The summed E-state index contributed by atoms with van der Waals surface area (Å²) < 4.78 is 112. The highest BCUT2D eigenvalue weighted by Gasteiger charge is 2.35. The largest absolute Gasteiger partial charge is 0.495 e. The lowest BCUT2D eigenvalue weighted by atomic mass is 9.94. The molecule has 0 aromatic heterocycles. The van der Waals surface area contributed by atoms with E-state index in [2.05, 4.69) is 31.7 Å². The fourth-order valence-corrected chi connectivity index (χ4v) is 7.46. The maximum atomic E-state index is 13.5. The topological polar surface area (TPSA) is 306 Å². The van der Waals surface area contributed by atoms with E-state index in [4.69, 9.17) is 9.47 Å². The zero-order chi connectivity index (χ0) is 42.2. The Morgan fingerprint density at radius 2 is 1.05 bits per heavy atom. The lowest BCUT2D eigenvalue weighted by molar-refractivity contribution is 0.105. The van der Waals surface area contributed by atoms with Gasteiger partial charge in [0, 0.05) is 22.5 Å². The van der Waals surface area contributed by atoms with Gasteiger partial charge in [-0.2, -0.15) is 35.5 Å². The minimum atomic E-state index is -5.12. The second-order valence-corrected chi connectivity index (χ2v) is 16.2. The molecule has 20 nitrogen and oxygen atoms in total. The van der Waals surface area contributed by atoms with E-state index >= 15 is 0 Å². The highest BCUT2D eigenvalue weighted by molar-refractivity contribution is 7.91. The minimum absolute atomic E-state index is 0.00711. The number of para-hydroxylation sites is 2. The van der Waals surface area contributed by atoms with Crippen LogP contribution in [0.5, 0.6) is 11.5 Å². The number of rotatable bonds is 11. The number of nitrogens with one attached hydrogen (secondary N) is 4. The lowest BCUT2D eigenvalue weighted by Crippen LogP contribution is -2.27. The van der Waals surface area contributed by atoms with Gasteiger partial charge in [0.2, 0.25) is 11.6 Å². The van der Waals surface area contributed by atoms with Gasteiger partial charge in [0.25, 0.3) is 30.4 Å². The van der Waals surface area contributed by atoms with E-state index in [9.17, 15) is 53.3 Å². The lowest BCUT2D eigenvalue weighted by Gasteiger charge is -2.18. The number of fused-ring (bicyclic) bond motifs is 2. The van der Waals surface area contributed by atoms with Crippen LogP contribution in [0.3, 0.4) is 0 Å². The summed E-state index contributed by atoms with van der Waals surface area (Å²) in [6.45, 7) is 0. The van der Waals surface area contributed by atoms with Crippen LogP contribution in [-0.4, -0.2) is 82.2 Å². The first-order chi connectivity index (χ1) is 27.3. The molecule has 0 saturated heterocycles. The standard InChI is InChI=1S/C35H28N6O14S3/c1-54-27-6-4-3-5-25(27)38-40-31-29(57(48,49)50)15-18-13-20(7-10-23(18)33(31)42)36-35(44)37-21-8-11-24-19(14-21)16-30(58(51,52)53)32(34(24)43)41-39-26-17-22(56(45,46)47)9-12-28(26)55-2/h3-17,38-39H,1-2H3,(H2,36,37,44)(H,45,46,47)(H,48,49,50)(H,51,52,53)/b40-31?,41-32-. The van der Waals surface area contributed by atoms with Crippen LogP contribution in [0.15, 0.2) is 104 Å². The summed E-state index contributed by atoms with van der Waals surface area (Å²) in [4.78, 5) is 37.6. The number of hydrogen-bond donors (Lipinski definition) is 7. The number of Topliss-reactive ketones (excluding diaryl/α,β-unsaturated/α-hetero) is 2. The monoisotopic (exact) mass is 852 g/mol. The third-order valence-corrected chi connectivity index (χ3v) is 10.9. The molecule has 0 heterocycles. The first-order valence-corrected chi connectivity index (χ1v) is 20.4. The third-order valence-electron chi connectivity index (χ3n) is 8.29.